The Balaban J connectivity index is 1.84. The zero-order valence-electron chi connectivity index (χ0n) is 22.6. The zero-order chi connectivity index (χ0) is 27.2. The molecule has 2 unspecified atom stereocenters. The van der Waals surface area contributed by atoms with Crippen LogP contribution in [0.3, 0.4) is 0 Å². The molecule has 3 heterocycles. The molecular weight excluding hydrogens is 488 g/mol. The number of hydrogen-bond donors (Lipinski definition) is 1. The van der Waals surface area contributed by atoms with Crippen molar-refractivity contribution in [2.24, 2.45) is 11.8 Å². The van der Waals surface area contributed by atoms with E-state index in [1.165, 1.54) is 0 Å². The van der Waals surface area contributed by atoms with Gasteiger partial charge in [0.05, 0.1) is 35.8 Å². The van der Waals surface area contributed by atoms with E-state index >= 15 is 0 Å². The maximum Gasteiger partial charge on any atom is 0.311 e. The van der Waals surface area contributed by atoms with Crippen LogP contribution in [0.1, 0.15) is 53.0 Å². The number of carbonyl (C=O) groups excluding carboxylic acids is 3. The average molecular weight is 529 g/mol. The maximum absolute atomic E-state index is 14.5. The number of aliphatic hydroxyl groups is 1. The molecule has 3 saturated heterocycles. The van der Waals surface area contributed by atoms with Crippen LogP contribution in [0.5, 0.6) is 0 Å². The molecule has 2 bridgehead atoms. The molecule has 0 aromatic heterocycles. The number of aliphatic hydroxyl groups excluding tert-OH is 1. The van der Waals surface area contributed by atoms with E-state index in [0.717, 1.165) is 12.0 Å². The Morgan fingerprint density at radius 2 is 1.97 bits per heavy atom. The number of rotatable bonds is 9. The summed E-state index contributed by atoms with van der Waals surface area (Å²) in [6.07, 6.45) is 3.50. The number of benzene rings is 1. The Hall–Kier alpha value is -2.32. The first-order chi connectivity index (χ1) is 17.4. The van der Waals surface area contributed by atoms with Crippen molar-refractivity contribution in [3.05, 3.63) is 48.6 Å². The number of nitrogens with zero attached hydrogens (tertiary/aromatic N) is 2. The maximum atomic E-state index is 14.5. The van der Waals surface area contributed by atoms with Gasteiger partial charge in [0, 0.05) is 16.8 Å². The molecule has 1 aromatic carbocycles. The summed E-state index contributed by atoms with van der Waals surface area (Å²) in [5.74, 6) is -2.05. The molecule has 0 radical (unpaired) electrons. The molecule has 7 nitrogen and oxygen atoms in total. The molecule has 3 aliphatic heterocycles. The Labute approximate surface area is 224 Å². The van der Waals surface area contributed by atoms with Crippen molar-refractivity contribution in [2.75, 3.05) is 19.8 Å². The second-order valence-corrected chi connectivity index (χ2v) is 13.6. The van der Waals surface area contributed by atoms with Crippen molar-refractivity contribution in [1.82, 2.24) is 9.80 Å². The molecule has 1 spiro atoms. The molecule has 0 saturated carbocycles. The van der Waals surface area contributed by atoms with Crippen molar-refractivity contribution in [3.8, 4) is 0 Å². The van der Waals surface area contributed by atoms with Crippen molar-refractivity contribution in [2.45, 2.75) is 81.0 Å². The lowest BCUT2D eigenvalue weighted by molar-refractivity contribution is -0.155. The summed E-state index contributed by atoms with van der Waals surface area (Å²) in [6, 6.07) is 8.30. The van der Waals surface area contributed by atoms with Gasteiger partial charge in [-0.2, -0.15) is 0 Å². The van der Waals surface area contributed by atoms with Crippen LogP contribution in [0.2, 0.25) is 0 Å². The van der Waals surface area contributed by atoms with E-state index in [2.05, 4.69) is 6.58 Å². The summed E-state index contributed by atoms with van der Waals surface area (Å²) in [6.45, 7) is 13.9. The number of likely N-dealkylation sites (tertiary alicyclic amines) is 1. The smallest absolute Gasteiger partial charge is 0.311 e. The Kier molecular flexibility index (Phi) is 7.56. The van der Waals surface area contributed by atoms with Crippen LogP contribution >= 0.6 is 11.8 Å². The SMILES string of the molecule is C=CCN(C(=O)C1N([C@@H](CO)Cc2ccccc2)C(=O)[C@@H]2[C@@H](C(=O)OCC)[C@@]3(C)CCC12S3)C(C)(C)C. The fraction of sp³-hybridized carbons (Fsp3) is 0.621. The van der Waals surface area contributed by atoms with Gasteiger partial charge in [-0.1, -0.05) is 36.4 Å². The normalized spacial score (nSPS) is 31.2. The standard InChI is InChI=1S/C29H40N2O5S/c1-7-16-30(27(3,4)5)25(34)23-29-15-14-28(6,37-29)22(26(35)36-8-2)21(29)24(33)31(23)20(18-32)17-19-12-10-9-11-13-19/h7,9-13,20-23,32H,1,8,14-18H2,2-6H3/t20-,21+,22+,23?,28-,29?/m1/s1. The summed E-state index contributed by atoms with van der Waals surface area (Å²) in [7, 11) is 0. The van der Waals surface area contributed by atoms with E-state index in [1.807, 2.05) is 58.0 Å². The molecule has 1 N–H and O–H groups in total. The molecule has 3 fully saturated rings. The highest BCUT2D eigenvalue weighted by molar-refractivity contribution is 8.02. The lowest BCUT2D eigenvalue weighted by Gasteiger charge is -2.43. The lowest BCUT2D eigenvalue weighted by Crippen LogP contribution is -2.60. The molecular formula is C29H40N2O5S. The van der Waals surface area contributed by atoms with Crippen LogP contribution in [0, 0.1) is 11.8 Å². The predicted molar refractivity (Wildman–Crippen MR) is 145 cm³/mol. The highest BCUT2D eigenvalue weighted by atomic mass is 32.2. The molecule has 3 aliphatic rings. The van der Waals surface area contributed by atoms with Gasteiger partial charge < -0.3 is 19.6 Å². The van der Waals surface area contributed by atoms with Crippen LogP contribution in [0.15, 0.2) is 43.0 Å². The van der Waals surface area contributed by atoms with Gasteiger partial charge >= 0.3 is 5.97 Å². The number of carbonyl (C=O) groups is 3. The summed E-state index contributed by atoms with van der Waals surface area (Å²) >= 11 is 1.62. The van der Waals surface area contributed by atoms with Crippen molar-refractivity contribution in [3.63, 3.8) is 0 Å². The minimum absolute atomic E-state index is 0.156. The summed E-state index contributed by atoms with van der Waals surface area (Å²) in [5.41, 5.74) is 0.467. The highest BCUT2D eigenvalue weighted by Gasteiger charge is 2.78. The first kappa shape index (κ1) is 27.7. The van der Waals surface area contributed by atoms with Crippen LogP contribution in [0.4, 0.5) is 0 Å². The third-order valence-corrected chi connectivity index (χ3v) is 10.3. The fourth-order valence-electron chi connectivity index (χ4n) is 6.73. The fourth-order valence-corrected chi connectivity index (χ4v) is 9.06. The zero-order valence-corrected chi connectivity index (χ0v) is 23.4. The minimum atomic E-state index is -0.795. The van der Waals surface area contributed by atoms with Crippen LogP contribution < -0.4 is 0 Å². The van der Waals surface area contributed by atoms with Crippen LogP contribution in [-0.2, 0) is 25.5 Å². The van der Waals surface area contributed by atoms with Crippen LogP contribution in [-0.4, -0.2) is 79.6 Å². The first-order valence-electron chi connectivity index (χ1n) is 13.2. The molecule has 1 aromatic rings. The van der Waals surface area contributed by atoms with E-state index in [-0.39, 0.29) is 31.0 Å². The third-order valence-electron chi connectivity index (χ3n) is 8.29. The highest BCUT2D eigenvalue weighted by Crippen LogP contribution is 2.71. The van der Waals surface area contributed by atoms with Gasteiger partial charge in [-0.3, -0.25) is 14.4 Å². The van der Waals surface area contributed by atoms with Crippen molar-refractivity contribution in [1.29, 1.82) is 0 Å². The Bertz CT molecular complexity index is 1060. The first-order valence-corrected chi connectivity index (χ1v) is 14.0. The molecule has 37 heavy (non-hydrogen) atoms. The van der Waals surface area contributed by atoms with Crippen molar-refractivity contribution < 1.29 is 24.2 Å². The molecule has 4 rings (SSSR count). The van der Waals surface area contributed by atoms with Gasteiger partial charge in [-0.05, 0) is 59.4 Å². The lowest BCUT2D eigenvalue weighted by atomic mass is 9.66. The Morgan fingerprint density at radius 1 is 1.30 bits per heavy atom. The molecule has 2 amide bonds. The number of ether oxygens (including phenoxy) is 1. The second kappa shape index (κ2) is 10.1. The third kappa shape index (κ3) is 4.50. The van der Waals surface area contributed by atoms with Gasteiger partial charge in [-0.25, -0.2) is 0 Å². The van der Waals surface area contributed by atoms with E-state index < -0.39 is 39.0 Å². The van der Waals surface area contributed by atoms with Gasteiger partial charge in [0.15, 0.2) is 0 Å². The van der Waals surface area contributed by atoms with Gasteiger partial charge in [-0.15, -0.1) is 18.3 Å². The number of fused-ring (bicyclic) bond motifs is 1. The minimum Gasteiger partial charge on any atom is -0.466 e. The van der Waals surface area contributed by atoms with Crippen molar-refractivity contribution >= 4 is 29.5 Å². The number of esters is 1. The summed E-state index contributed by atoms with van der Waals surface area (Å²) < 4.78 is 4.24. The van der Waals surface area contributed by atoms with E-state index in [4.69, 9.17) is 4.74 Å². The molecule has 8 heteroatoms. The molecule has 202 valence electrons. The monoisotopic (exact) mass is 528 g/mol. The number of amides is 2. The van der Waals surface area contributed by atoms with E-state index in [0.29, 0.717) is 19.4 Å². The average Bonchev–Trinajstić information content (AvgIpc) is 3.41. The molecule has 0 aliphatic carbocycles. The summed E-state index contributed by atoms with van der Waals surface area (Å²) in [4.78, 5) is 45.6. The van der Waals surface area contributed by atoms with E-state index in [1.54, 1.807) is 34.6 Å². The largest absolute Gasteiger partial charge is 0.466 e. The topological polar surface area (TPSA) is 87.2 Å². The summed E-state index contributed by atoms with van der Waals surface area (Å²) in [5, 5.41) is 10.6. The second-order valence-electron chi connectivity index (χ2n) is 11.7. The Morgan fingerprint density at radius 3 is 2.54 bits per heavy atom. The number of thioether (sulfide) groups is 1. The predicted octanol–water partition coefficient (Wildman–Crippen LogP) is 3.45. The van der Waals surface area contributed by atoms with Gasteiger partial charge in [0.1, 0.15) is 6.04 Å². The van der Waals surface area contributed by atoms with Gasteiger partial charge in [0.25, 0.3) is 0 Å². The molecule has 6 atom stereocenters. The van der Waals surface area contributed by atoms with Crippen LogP contribution in [0.25, 0.3) is 0 Å². The van der Waals surface area contributed by atoms with Gasteiger partial charge in [0.2, 0.25) is 11.8 Å². The van der Waals surface area contributed by atoms with E-state index in [9.17, 15) is 19.5 Å². The number of hydrogen-bond acceptors (Lipinski definition) is 6. The quantitative estimate of drug-likeness (QED) is 0.390.